The lowest BCUT2D eigenvalue weighted by Gasteiger charge is -2.34. The molecule has 1 N–H and O–H groups in total. The number of nitrogens with zero attached hydrogens (tertiary/aromatic N) is 3. The van der Waals surface area contributed by atoms with Crippen LogP contribution in [0.4, 0.5) is 5.69 Å². The summed E-state index contributed by atoms with van der Waals surface area (Å²) in [7, 11) is -4.27. The van der Waals surface area contributed by atoms with Crippen LogP contribution in [0.3, 0.4) is 0 Å². The predicted octanol–water partition coefficient (Wildman–Crippen LogP) is 3.60. The Morgan fingerprint density at radius 2 is 1.52 bits per heavy atom. The maximum Gasteiger partial charge on any atom is 0.295 e. The summed E-state index contributed by atoms with van der Waals surface area (Å²) >= 11 is 12.2. The molecule has 10 nitrogen and oxygen atoms in total. The third-order valence-electron chi connectivity index (χ3n) is 6.15. The van der Waals surface area contributed by atoms with E-state index in [4.69, 9.17) is 28.0 Å². The first-order valence-corrected chi connectivity index (χ1v) is 14.4. The van der Waals surface area contributed by atoms with Gasteiger partial charge in [-0.25, -0.2) is 0 Å². The Morgan fingerprint density at radius 3 is 2.12 bits per heavy atom. The monoisotopic (exact) mass is 604 g/mol. The number of amides is 3. The number of sulfonamides is 1. The second-order valence-corrected chi connectivity index (χ2v) is 11.4. The van der Waals surface area contributed by atoms with E-state index in [1.807, 2.05) is 0 Å². The van der Waals surface area contributed by atoms with E-state index in [2.05, 4.69) is 5.32 Å². The average molecular weight is 606 g/mol. The summed E-state index contributed by atoms with van der Waals surface area (Å²) in [6, 6.07) is 17.8. The van der Waals surface area contributed by atoms with Crippen LogP contribution >= 0.6 is 23.2 Å². The lowest BCUT2D eigenvalue weighted by atomic mass is 10.2. The number of nitrogens with one attached hydrogen (secondary N) is 1. The minimum absolute atomic E-state index is 0.0434. The molecule has 0 bridgehead atoms. The summed E-state index contributed by atoms with van der Waals surface area (Å²) < 4.78 is 28.0. The van der Waals surface area contributed by atoms with Crippen molar-refractivity contribution in [1.82, 2.24) is 15.1 Å². The van der Waals surface area contributed by atoms with Gasteiger partial charge in [-0.05, 0) is 54.6 Å². The fourth-order valence-electron chi connectivity index (χ4n) is 3.94. The number of halogens is 2. The molecule has 3 amide bonds. The molecule has 0 aliphatic carbocycles. The van der Waals surface area contributed by atoms with Gasteiger partial charge in [0.2, 0.25) is 11.8 Å². The first-order valence-electron chi connectivity index (χ1n) is 12.2. The molecule has 1 aliphatic rings. The quantitative estimate of drug-likeness (QED) is 0.393. The molecule has 1 aliphatic heterocycles. The number of hydrogen-bond donors (Lipinski definition) is 1. The number of para-hydroxylation sites is 1. The number of rotatable bonds is 8. The Morgan fingerprint density at radius 1 is 0.900 bits per heavy atom. The van der Waals surface area contributed by atoms with Gasteiger partial charge in [0, 0.05) is 43.7 Å². The molecule has 3 aromatic rings. The zero-order valence-corrected chi connectivity index (χ0v) is 23.7. The van der Waals surface area contributed by atoms with Gasteiger partial charge in [0.1, 0.15) is 0 Å². The minimum atomic E-state index is -4.27. The third kappa shape index (κ3) is 6.85. The van der Waals surface area contributed by atoms with Gasteiger partial charge >= 0.3 is 0 Å². The van der Waals surface area contributed by atoms with Crippen molar-refractivity contribution in [1.29, 1.82) is 0 Å². The normalized spacial score (nSPS) is 13.5. The van der Waals surface area contributed by atoms with Gasteiger partial charge in [0.05, 0.1) is 22.2 Å². The molecule has 1 fully saturated rings. The van der Waals surface area contributed by atoms with E-state index in [9.17, 15) is 22.8 Å². The molecule has 4 rings (SSSR count). The van der Waals surface area contributed by atoms with Gasteiger partial charge < -0.3 is 20.0 Å². The molecule has 40 heavy (non-hydrogen) atoms. The standard InChI is InChI=1S/C27H26Cl2N4O6S/c1-19(34)31-13-15-32(16-14-31)26(35)18-30-27(36)20-7-10-23(11-8-20)40(37,38)33(22-5-3-2-4-6-22)39-25-12-9-21(28)17-24(25)29/h2-12,17H,13-16,18H2,1H3,(H,30,36). The van der Waals surface area contributed by atoms with Crippen LogP contribution in [0.15, 0.2) is 77.7 Å². The van der Waals surface area contributed by atoms with Gasteiger partial charge in [0.25, 0.3) is 15.9 Å². The summed E-state index contributed by atoms with van der Waals surface area (Å²) in [4.78, 5) is 45.4. The maximum atomic E-state index is 13.6. The van der Waals surface area contributed by atoms with Gasteiger partial charge in [-0.1, -0.05) is 45.9 Å². The second kappa shape index (κ2) is 12.6. The molecule has 1 heterocycles. The number of carbonyl (C=O) groups excluding carboxylic acids is 3. The van der Waals surface area contributed by atoms with E-state index < -0.39 is 15.9 Å². The first kappa shape index (κ1) is 29.2. The maximum absolute atomic E-state index is 13.6. The summed E-state index contributed by atoms with van der Waals surface area (Å²) in [6.07, 6.45) is 0. The molecule has 0 unspecified atom stereocenters. The fourth-order valence-corrected chi connectivity index (χ4v) is 5.64. The highest BCUT2D eigenvalue weighted by Gasteiger charge is 2.29. The molecule has 0 atom stereocenters. The predicted molar refractivity (Wildman–Crippen MR) is 151 cm³/mol. The molecule has 210 valence electrons. The van der Waals surface area contributed by atoms with Crippen molar-refractivity contribution < 1.29 is 27.6 Å². The van der Waals surface area contributed by atoms with E-state index >= 15 is 0 Å². The van der Waals surface area contributed by atoms with E-state index in [1.165, 1.54) is 49.4 Å². The van der Waals surface area contributed by atoms with E-state index in [1.54, 1.807) is 40.1 Å². The molecule has 0 saturated carbocycles. The van der Waals surface area contributed by atoms with Crippen LogP contribution in [0.5, 0.6) is 5.75 Å². The molecule has 0 aromatic heterocycles. The molecule has 0 radical (unpaired) electrons. The Bertz CT molecular complexity index is 1500. The number of hydrogen-bond acceptors (Lipinski definition) is 6. The Hall–Kier alpha value is -3.80. The van der Waals surface area contributed by atoms with Crippen LogP contribution in [0.2, 0.25) is 10.0 Å². The number of carbonyl (C=O) groups is 3. The van der Waals surface area contributed by atoms with Crippen LogP contribution in [-0.2, 0) is 19.6 Å². The molecule has 13 heteroatoms. The summed E-state index contributed by atoms with van der Waals surface area (Å²) in [5.74, 6) is -0.781. The Kier molecular flexibility index (Phi) is 9.18. The largest absolute Gasteiger partial charge is 0.363 e. The molecular formula is C27H26Cl2N4O6S. The van der Waals surface area contributed by atoms with Gasteiger partial charge in [-0.15, -0.1) is 0 Å². The van der Waals surface area contributed by atoms with Crippen molar-refractivity contribution in [3.05, 3.63) is 88.4 Å². The van der Waals surface area contributed by atoms with Crippen molar-refractivity contribution in [2.24, 2.45) is 0 Å². The van der Waals surface area contributed by atoms with Crippen LogP contribution in [0.1, 0.15) is 17.3 Å². The smallest absolute Gasteiger partial charge is 0.295 e. The van der Waals surface area contributed by atoms with E-state index in [-0.39, 0.29) is 45.3 Å². The van der Waals surface area contributed by atoms with Crippen molar-refractivity contribution >= 4 is 56.6 Å². The highest BCUT2D eigenvalue weighted by Crippen LogP contribution is 2.32. The summed E-state index contributed by atoms with van der Waals surface area (Å²) in [5, 5.41) is 3.04. The number of piperazine rings is 1. The van der Waals surface area contributed by atoms with Crippen LogP contribution in [0, 0.1) is 0 Å². The molecule has 0 spiro atoms. The molecule has 3 aromatic carbocycles. The van der Waals surface area contributed by atoms with Crippen LogP contribution < -0.4 is 14.6 Å². The van der Waals surface area contributed by atoms with Gasteiger partial charge in [-0.2, -0.15) is 8.42 Å². The fraction of sp³-hybridized carbons (Fsp3) is 0.222. The average Bonchev–Trinajstić information content (AvgIpc) is 2.95. The minimum Gasteiger partial charge on any atom is -0.363 e. The SMILES string of the molecule is CC(=O)N1CCN(C(=O)CNC(=O)c2ccc(S(=O)(=O)N(Oc3ccc(Cl)cc3Cl)c3ccccc3)cc2)CC1. The van der Waals surface area contributed by atoms with Crippen LogP contribution in [0.25, 0.3) is 0 Å². The Labute approximate surface area is 242 Å². The highest BCUT2D eigenvalue weighted by molar-refractivity contribution is 7.92. The van der Waals surface area contributed by atoms with Gasteiger partial charge in [0.15, 0.2) is 5.75 Å². The number of anilines is 1. The lowest BCUT2D eigenvalue weighted by Crippen LogP contribution is -2.52. The van der Waals surface area contributed by atoms with Crippen molar-refractivity contribution in [3.8, 4) is 5.75 Å². The highest BCUT2D eigenvalue weighted by atomic mass is 35.5. The van der Waals surface area contributed by atoms with E-state index in [0.717, 1.165) is 4.47 Å². The molecular weight excluding hydrogens is 579 g/mol. The topological polar surface area (TPSA) is 116 Å². The molecule has 1 saturated heterocycles. The zero-order chi connectivity index (χ0) is 28.9. The van der Waals surface area contributed by atoms with E-state index in [0.29, 0.717) is 31.2 Å². The van der Waals surface area contributed by atoms with Crippen LogP contribution in [-0.4, -0.2) is 68.7 Å². The first-order chi connectivity index (χ1) is 19.1. The summed E-state index contributed by atoms with van der Waals surface area (Å²) in [6.45, 7) is 2.92. The number of benzene rings is 3. The lowest BCUT2D eigenvalue weighted by molar-refractivity contribution is -0.137. The third-order valence-corrected chi connectivity index (χ3v) is 8.27. The van der Waals surface area contributed by atoms with Crippen molar-refractivity contribution in [2.75, 3.05) is 37.2 Å². The second-order valence-electron chi connectivity index (χ2n) is 8.83. The zero-order valence-electron chi connectivity index (χ0n) is 21.4. The van der Waals surface area contributed by atoms with Crippen molar-refractivity contribution in [2.45, 2.75) is 11.8 Å². The summed E-state index contributed by atoms with van der Waals surface area (Å²) in [5.41, 5.74) is 0.388. The van der Waals surface area contributed by atoms with Crippen molar-refractivity contribution in [3.63, 3.8) is 0 Å². The Balaban J connectivity index is 1.45. The van der Waals surface area contributed by atoms with Gasteiger partial charge in [-0.3, -0.25) is 14.4 Å².